The van der Waals surface area contributed by atoms with Gasteiger partial charge in [0, 0.05) is 29.1 Å². The largest absolute Gasteiger partial charge is 0.306 e. The Bertz CT molecular complexity index is 774. The van der Waals surface area contributed by atoms with Crippen molar-refractivity contribution in [2.75, 3.05) is 11.4 Å². The Morgan fingerprint density at radius 3 is 2.57 bits per heavy atom. The van der Waals surface area contributed by atoms with E-state index >= 15 is 0 Å². The zero-order valence-electron chi connectivity index (χ0n) is 11.9. The summed E-state index contributed by atoms with van der Waals surface area (Å²) in [5, 5.41) is 11.1. The fourth-order valence-electron chi connectivity index (χ4n) is 2.61. The SMILES string of the molecule is O=C(c1ccc([N+](=O)[O-])cc1)N1CCCCc2sc(Cl)c(Cl)c21. The number of fused-ring (bicyclic) bond motifs is 1. The van der Waals surface area contributed by atoms with Crippen LogP contribution in [0.2, 0.25) is 9.36 Å². The Balaban J connectivity index is 1.97. The lowest BCUT2D eigenvalue weighted by Crippen LogP contribution is -2.31. The number of carbonyl (C=O) groups is 1. The number of benzene rings is 1. The van der Waals surface area contributed by atoms with E-state index in [0.717, 1.165) is 24.1 Å². The molecular formula is C15H12Cl2N2O3S. The van der Waals surface area contributed by atoms with Crippen LogP contribution in [0.4, 0.5) is 11.4 Å². The second kappa shape index (κ2) is 6.47. The number of carbonyl (C=O) groups excluding carboxylic acids is 1. The molecule has 0 aliphatic carbocycles. The van der Waals surface area contributed by atoms with E-state index in [2.05, 4.69) is 0 Å². The van der Waals surface area contributed by atoms with E-state index in [4.69, 9.17) is 23.2 Å². The zero-order chi connectivity index (χ0) is 16.6. The third-order valence-electron chi connectivity index (χ3n) is 3.73. The molecule has 0 saturated carbocycles. The molecule has 2 heterocycles. The monoisotopic (exact) mass is 370 g/mol. The van der Waals surface area contributed by atoms with Crippen molar-refractivity contribution in [3.8, 4) is 0 Å². The van der Waals surface area contributed by atoms with Gasteiger partial charge in [-0.3, -0.25) is 14.9 Å². The zero-order valence-corrected chi connectivity index (χ0v) is 14.2. The van der Waals surface area contributed by atoms with Crippen LogP contribution in [0, 0.1) is 10.1 Å². The minimum Gasteiger partial charge on any atom is -0.306 e. The van der Waals surface area contributed by atoms with Crippen LogP contribution < -0.4 is 4.90 Å². The number of hydrogen-bond acceptors (Lipinski definition) is 4. The third-order valence-corrected chi connectivity index (χ3v) is 5.76. The molecule has 0 bridgehead atoms. The topological polar surface area (TPSA) is 63.4 Å². The Kier molecular flexibility index (Phi) is 4.57. The van der Waals surface area contributed by atoms with Gasteiger partial charge in [-0.05, 0) is 31.4 Å². The van der Waals surface area contributed by atoms with Crippen molar-refractivity contribution >= 4 is 51.8 Å². The number of nitro groups is 1. The molecule has 0 spiro atoms. The minimum atomic E-state index is -0.492. The number of hydrogen-bond donors (Lipinski definition) is 0. The summed E-state index contributed by atoms with van der Waals surface area (Å²) in [6, 6.07) is 5.59. The fourth-order valence-corrected chi connectivity index (χ4v) is 4.32. The van der Waals surface area contributed by atoms with Crippen LogP contribution >= 0.6 is 34.5 Å². The molecule has 0 atom stereocenters. The Morgan fingerprint density at radius 1 is 1.22 bits per heavy atom. The summed E-state index contributed by atoms with van der Waals surface area (Å²) in [7, 11) is 0. The molecule has 1 aromatic heterocycles. The third kappa shape index (κ3) is 3.06. The summed E-state index contributed by atoms with van der Waals surface area (Å²) in [5.41, 5.74) is 1.03. The van der Waals surface area contributed by atoms with Gasteiger partial charge in [-0.1, -0.05) is 23.2 Å². The van der Waals surface area contributed by atoms with Crippen molar-refractivity contribution in [3.05, 3.63) is 54.2 Å². The van der Waals surface area contributed by atoms with Crippen molar-refractivity contribution in [3.63, 3.8) is 0 Å². The van der Waals surface area contributed by atoms with Crippen LogP contribution in [-0.4, -0.2) is 17.4 Å². The molecule has 8 heteroatoms. The Hall–Kier alpha value is -1.63. The van der Waals surface area contributed by atoms with Gasteiger partial charge >= 0.3 is 0 Å². The van der Waals surface area contributed by atoms with E-state index in [1.807, 2.05) is 0 Å². The van der Waals surface area contributed by atoms with Crippen molar-refractivity contribution in [1.82, 2.24) is 0 Å². The van der Waals surface area contributed by atoms with Gasteiger partial charge in [0.05, 0.1) is 15.6 Å². The maximum absolute atomic E-state index is 12.8. The van der Waals surface area contributed by atoms with Crippen LogP contribution in [0.1, 0.15) is 28.1 Å². The maximum Gasteiger partial charge on any atom is 0.269 e. The second-order valence-corrected chi connectivity index (χ2v) is 7.26. The van der Waals surface area contributed by atoms with Gasteiger partial charge in [0.15, 0.2) is 0 Å². The van der Waals surface area contributed by atoms with Crippen LogP contribution in [0.25, 0.3) is 0 Å². The number of rotatable bonds is 2. The lowest BCUT2D eigenvalue weighted by Gasteiger charge is -2.21. The standard InChI is InChI=1S/C15H12Cl2N2O3S/c16-12-13-11(23-14(12)17)3-1-2-8-18(13)15(20)9-4-6-10(7-5-9)19(21)22/h4-7H,1-3,8H2. The van der Waals surface area contributed by atoms with Gasteiger partial charge in [-0.15, -0.1) is 11.3 Å². The van der Waals surface area contributed by atoms with E-state index in [9.17, 15) is 14.9 Å². The van der Waals surface area contributed by atoms with E-state index < -0.39 is 4.92 Å². The molecule has 1 aromatic carbocycles. The first-order valence-corrected chi connectivity index (χ1v) is 8.59. The smallest absolute Gasteiger partial charge is 0.269 e. The maximum atomic E-state index is 12.8. The highest BCUT2D eigenvalue weighted by atomic mass is 35.5. The van der Waals surface area contributed by atoms with Crippen LogP contribution in [0.3, 0.4) is 0 Å². The molecular weight excluding hydrogens is 359 g/mol. The molecule has 0 radical (unpaired) electrons. The van der Waals surface area contributed by atoms with E-state index in [-0.39, 0.29) is 11.6 Å². The molecule has 0 unspecified atom stereocenters. The molecule has 120 valence electrons. The number of nitro benzene ring substituents is 1. The first-order valence-electron chi connectivity index (χ1n) is 7.02. The van der Waals surface area contributed by atoms with Gasteiger partial charge in [0.25, 0.3) is 11.6 Å². The molecule has 3 rings (SSSR count). The summed E-state index contributed by atoms with van der Waals surface area (Å²) in [4.78, 5) is 25.7. The van der Waals surface area contributed by atoms with Crippen molar-refractivity contribution in [1.29, 1.82) is 0 Å². The lowest BCUT2D eigenvalue weighted by atomic mass is 10.1. The first kappa shape index (κ1) is 16.2. The molecule has 0 fully saturated rings. The van der Waals surface area contributed by atoms with Crippen molar-refractivity contribution in [2.45, 2.75) is 19.3 Å². The highest BCUT2D eigenvalue weighted by molar-refractivity contribution is 7.17. The summed E-state index contributed by atoms with van der Waals surface area (Å²) in [6.45, 7) is 0.551. The minimum absolute atomic E-state index is 0.0466. The number of nitrogens with zero attached hydrogens (tertiary/aromatic N) is 2. The van der Waals surface area contributed by atoms with Gasteiger partial charge in [0.1, 0.15) is 4.34 Å². The quantitative estimate of drug-likeness (QED) is 0.555. The van der Waals surface area contributed by atoms with E-state index in [1.165, 1.54) is 35.6 Å². The van der Waals surface area contributed by atoms with Crippen LogP contribution in [0.5, 0.6) is 0 Å². The molecule has 0 saturated heterocycles. The van der Waals surface area contributed by atoms with Gasteiger partial charge in [0.2, 0.25) is 0 Å². The number of anilines is 1. The number of aryl methyl sites for hydroxylation is 1. The summed E-state index contributed by atoms with van der Waals surface area (Å²) >= 11 is 13.8. The average Bonchev–Trinajstić information content (AvgIpc) is 2.72. The number of amides is 1. The first-order chi connectivity index (χ1) is 11.0. The van der Waals surface area contributed by atoms with Crippen molar-refractivity contribution in [2.24, 2.45) is 0 Å². The van der Waals surface area contributed by atoms with Gasteiger partial charge < -0.3 is 4.90 Å². The molecule has 1 aliphatic heterocycles. The summed E-state index contributed by atoms with van der Waals surface area (Å²) < 4.78 is 0.486. The number of non-ortho nitro benzene ring substituents is 1. The molecule has 23 heavy (non-hydrogen) atoms. The predicted molar refractivity (Wildman–Crippen MR) is 92.0 cm³/mol. The predicted octanol–water partition coefficient (Wildman–Crippen LogP) is 4.95. The van der Waals surface area contributed by atoms with Crippen LogP contribution in [-0.2, 0) is 6.42 Å². The highest BCUT2D eigenvalue weighted by Gasteiger charge is 2.28. The van der Waals surface area contributed by atoms with E-state index in [0.29, 0.717) is 27.2 Å². The van der Waals surface area contributed by atoms with Crippen LogP contribution in [0.15, 0.2) is 24.3 Å². The van der Waals surface area contributed by atoms with E-state index in [1.54, 1.807) is 4.90 Å². The second-order valence-electron chi connectivity index (χ2n) is 5.18. The molecule has 2 aromatic rings. The molecule has 1 aliphatic rings. The molecule has 1 amide bonds. The van der Waals surface area contributed by atoms with Gasteiger partial charge in [-0.25, -0.2) is 0 Å². The highest BCUT2D eigenvalue weighted by Crippen LogP contribution is 2.45. The lowest BCUT2D eigenvalue weighted by molar-refractivity contribution is -0.384. The average molecular weight is 371 g/mol. The summed E-state index contributed by atoms with van der Waals surface area (Å²) in [6.07, 6.45) is 2.68. The Morgan fingerprint density at radius 2 is 1.91 bits per heavy atom. The molecule has 5 nitrogen and oxygen atoms in total. The Labute approximate surface area is 146 Å². The fraction of sp³-hybridized carbons (Fsp3) is 0.267. The van der Waals surface area contributed by atoms with Gasteiger partial charge in [-0.2, -0.15) is 0 Å². The summed E-state index contributed by atoms with van der Waals surface area (Å²) in [5.74, 6) is -0.223. The number of thiophene rings is 1. The van der Waals surface area contributed by atoms with Crippen molar-refractivity contribution < 1.29 is 9.72 Å². The molecule has 0 N–H and O–H groups in total. The normalized spacial score (nSPS) is 14.3. The number of halogens is 2.